The van der Waals surface area contributed by atoms with E-state index in [1.54, 1.807) is 11.8 Å². The maximum atomic E-state index is 13.1. The average Bonchev–Trinajstić information content (AvgIpc) is 3.25. The van der Waals surface area contributed by atoms with Crippen molar-refractivity contribution in [1.29, 1.82) is 0 Å². The Hall–Kier alpha value is -1.85. The summed E-state index contributed by atoms with van der Waals surface area (Å²) in [6, 6.07) is -3.29. The number of carboxylic acid groups (broad SMARTS) is 1. The van der Waals surface area contributed by atoms with E-state index in [1.165, 1.54) is 4.90 Å². The number of carbonyl (C=O) groups excluding carboxylic acids is 3. The number of unbranched alkanes of at least 4 members (excludes halogenated alkanes) is 1. The Morgan fingerprint density at radius 2 is 1.82 bits per heavy atom. The van der Waals surface area contributed by atoms with E-state index in [4.69, 9.17) is 11.5 Å². The van der Waals surface area contributed by atoms with Crippen molar-refractivity contribution >= 4 is 35.5 Å². The van der Waals surface area contributed by atoms with Crippen LogP contribution in [0.4, 0.5) is 0 Å². The van der Waals surface area contributed by atoms with Gasteiger partial charge in [-0.25, -0.2) is 4.79 Å². The summed E-state index contributed by atoms with van der Waals surface area (Å²) in [6.45, 7) is 4.64. The Bertz CT molecular complexity index is 663. The van der Waals surface area contributed by atoms with Gasteiger partial charge in [0.05, 0.1) is 6.04 Å². The molecule has 7 N–H and O–H groups in total. The number of thioether (sulfide) groups is 1. The van der Waals surface area contributed by atoms with Gasteiger partial charge in [-0.1, -0.05) is 13.8 Å². The fourth-order valence-electron chi connectivity index (χ4n) is 3.88. The van der Waals surface area contributed by atoms with Crippen LogP contribution >= 0.6 is 11.8 Å². The molecule has 0 bridgehead atoms. The first-order valence-corrected chi connectivity index (χ1v) is 13.1. The van der Waals surface area contributed by atoms with E-state index in [1.807, 2.05) is 20.1 Å². The third-order valence-corrected chi connectivity index (χ3v) is 6.33. The van der Waals surface area contributed by atoms with Crippen molar-refractivity contribution < 1.29 is 24.3 Å². The number of aliphatic carboxylic acids is 1. The molecule has 0 aliphatic carbocycles. The zero-order valence-corrected chi connectivity index (χ0v) is 20.9. The summed E-state index contributed by atoms with van der Waals surface area (Å²) in [6.07, 6.45) is 5.53. The quantitative estimate of drug-likeness (QED) is 0.205. The molecule has 1 rings (SSSR count). The summed E-state index contributed by atoms with van der Waals surface area (Å²) >= 11 is 1.60. The summed E-state index contributed by atoms with van der Waals surface area (Å²) in [5, 5.41) is 14.8. The van der Waals surface area contributed by atoms with E-state index < -0.39 is 42.0 Å². The minimum atomic E-state index is -1.11. The van der Waals surface area contributed by atoms with Crippen molar-refractivity contribution in [1.82, 2.24) is 15.5 Å². The van der Waals surface area contributed by atoms with E-state index >= 15 is 0 Å². The van der Waals surface area contributed by atoms with E-state index in [-0.39, 0.29) is 18.2 Å². The van der Waals surface area contributed by atoms with Gasteiger partial charge in [-0.05, 0) is 69.4 Å². The van der Waals surface area contributed by atoms with Crippen LogP contribution in [0, 0.1) is 5.92 Å². The molecule has 190 valence electrons. The minimum Gasteiger partial charge on any atom is -0.480 e. The van der Waals surface area contributed by atoms with Crippen LogP contribution in [0.15, 0.2) is 0 Å². The molecule has 33 heavy (non-hydrogen) atoms. The molecule has 3 amide bonds. The molecule has 4 atom stereocenters. The third-order valence-electron chi connectivity index (χ3n) is 5.69. The number of likely N-dealkylation sites (tertiary alicyclic amines) is 1. The van der Waals surface area contributed by atoms with Gasteiger partial charge in [0, 0.05) is 6.54 Å². The van der Waals surface area contributed by atoms with Gasteiger partial charge in [-0.3, -0.25) is 14.4 Å². The molecule has 0 spiro atoms. The van der Waals surface area contributed by atoms with Gasteiger partial charge in [0.15, 0.2) is 0 Å². The highest BCUT2D eigenvalue weighted by Crippen LogP contribution is 2.20. The summed E-state index contributed by atoms with van der Waals surface area (Å²) in [5.74, 6) is -1.50. The number of nitrogens with two attached hydrogens (primary N) is 2. The first-order valence-electron chi connectivity index (χ1n) is 11.7. The molecule has 1 heterocycles. The van der Waals surface area contributed by atoms with Gasteiger partial charge in [0.25, 0.3) is 0 Å². The highest BCUT2D eigenvalue weighted by atomic mass is 32.2. The van der Waals surface area contributed by atoms with Gasteiger partial charge in [0.2, 0.25) is 17.7 Å². The molecular formula is C22H41N5O5S. The maximum Gasteiger partial charge on any atom is 0.326 e. The van der Waals surface area contributed by atoms with E-state index in [0.29, 0.717) is 51.6 Å². The molecule has 4 unspecified atom stereocenters. The number of carboxylic acids is 1. The molecule has 0 radical (unpaired) electrons. The monoisotopic (exact) mass is 487 g/mol. The summed E-state index contributed by atoms with van der Waals surface area (Å²) in [7, 11) is 0. The number of hydrogen-bond acceptors (Lipinski definition) is 7. The molecule has 1 fully saturated rings. The number of hydrogen-bond donors (Lipinski definition) is 5. The van der Waals surface area contributed by atoms with Crippen molar-refractivity contribution in [3.05, 3.63) is 0 Å². The first-order chi connectivity index (χ1) is 15.6. The normalized spacial score (nSPS) is 18.6. The van der Waals surface area contributed by atoms with Gasteiger partial charge in [0.1, 0.15) is 18.1 Å². The van der Waals surface area contributed by atoms with Crippen LogP contribution in [0.5, 0.6) is 0 Å². The van der Waals surface area contributed by atoms with Gasteiger partial charge < -0.3 is 32.1 Å². The van der Waals surface area contributed by atoms with Gasteiger partial charge >= 0.3 is 5.97 Å². The number of nitrogens with one attached hydrogen (secondary N) is 2. The van der Waals surface area contributed by atoms with Crippen LogP contribution in [0.2, 0.25) is 0 Å². The van der Waals surface area contributed by atoms with E-state index in [0.717, 1.165) is 5.75 Å². The fourth-order valence-corrected chi connectivity index (χ4v) is 4.37. The van der Waals surface area contributed by atoms with Gasteiger partial charge in [-0.15, -0.1) is 0 Å². The third kappa shape index (κ3) is 9.89. The van der Waals surface area contributed by atoms with Crippen molar-refractivity contribution in [2.75, 3.05) is 25.1 Å². The Morgan fingerprint density at radius 3 is 2.39 bits per heavy atom. The van der Waals surface area contributed by atoms with Gasteiger partial charge in [-0.2, -0.15) is 11.8 Å². The standard InChI is InChI=1S/C22H41N5O5S/c1-14(2)13-17(22(31)32)26-19(28)16(7-4-5-10-23)25-20(29)18-8-6-11-27(18)21(30)15(24)9-12-33-3/h14-18H,4-13,23-24H2,1-3H3,(H,25,29)(H,26,28)(H,31,32). The molecule has 1 aliphatic heterocycles. The van der Waals surface area contributed by atoms with Crippen molar-refractivity contribution in [3.63, 3.8) is 0 Å². The van der Waals surface area contributed by atoms with Crippen LogP contribution in [0.25, 0.3) is 0 Å². The number of rotatable bonds is 15. The van der Waals surface area contributed by atoms with Crippen molar-refractivity contribution in [2.24, 2.45) is 17.4 Å². The van der Waals surface area contributed by atoms with Crippen molar-refractivity contribution in [3.8, 4) is 0 Å². The second-order valence-electron chi connectivity index (χ2n) is 8.95. The highest BCUT2D eigenvalue weighted by molar-refractivity contribution is 7.98. The highest BCUT2D eigenvalue weighted by Gasteiger charge is 2.37. The molecule has 11 heteroatoms. The van der Waals surface area contributed by atoms with Crippen LogP contribution in [0.1, 0.15) is 58.8 Å². The minimum absolute atomic E-state index is 0.0741. The molecule has 1 aliphatic rings. The molecule has 0 aromatic rings. The number of carbonyl (C=O) groups is 4. The lowest BCUT2D eigenvalue weighted by molar-refractivity contribution is -0.143. The maximum absolute atomic E-state index is 13.1. The zero-order valence-electron chi connectivity index (χ0n) is 20.0. The van der Waals surface area contributed by atoms with Crippen LogP contribution < -0.4 is 22.1 Å². The summed E-state index contributed by atoms with van der Waals surface area (Å²) in [5.41, 5.74) is 11.6. The first kappa shape index (κ1) is 29.2. The Labute approximate surface area is 200 Å². The molecule has 0 saturated carbocycles. The average molecular weight is 488 g/mol. The second kappa shape index (κ2) is 15.1. The lowest BCUT2D eigenvalue weighted by Gasteiger charge is -2.29. The molecular weight excluding hydrogens is 446 g/mol. The Morgan fingerprint density at radius 1 is 1.12 bits per heavy atom. The molecule has 0 aromatic heterocycles. The lowest BCUT2D eigenvalue weighted by Crippen LogP contribution is -2.56. The molecule has 10 nitrogen and oxygen atoms in total. The van der Waals surface area contributed by atoms with Crippen LogP contribution in [-0.4, -0.2) is 83.0 Å². The van der Waals surface area contributed by atoms with E-state index in [2.05, 4.69) is 10.6 Å². The predicted molar refractivity (Wildman–Crippen MR) is 130 cm³/mol. The number of nitrogens with zero attached hydrogens (tertiary/aromatic N) is 1. The Kier molecular flexibility index (Phi) is 13.4. The summed E-state index contributed by atoms with van der Waals surface area (Å²) in [4.78, 5) is 51.8. The topological polar surface area (TPSA) is 168 Å². The molecule has 0 aromatic carbocycles. The fraction of sp³-hybridized carbons (Fsp3) is 0.818. The van der Waals surface area contributed by atoms with Crippen molar-refractivity contribution in [2.45, 2.75) is 83.0 Å². The number of amides is 3. The van der Waals surface area contributed by atoms with E-state index in [9.17, 15) is 24.3 Å². The van der Waals surface area contributed by atoms with Crippen LogP contribution in [-0.2, 0) is 19.2 Å². The second-order valence-corrected chi connectivity index (χ2v) is 9.94. The summed E-state index contributed by atoms with van der Waals surface area (Å²) < 4.78 is 0. The largest absolute Gasteiger partial charge is 0.480 e. The molecule has 1 saturated heterocycles. The zero-order chi connectivity index (χ0) is 25.0. The Balaban J connectivity index is 2.88. The van der Waals surface area contributed by atoms with Crippen LogP contribution in [0.3, 0.4) is 0 Å². The predicted octanol–water partition coefficient (Wildman–Crippen LogP) is 0.287. The SMILES string of the molecule is CSCCC(N)C(=O)N1CCCC1C(=O)NC(CCCCN)C(=O)NC(CC(C)C)C(=O)O. The lowest BCUT2D eigenvalue weighted by atomic mass is 10.0. The smallest absolute Gasteiger partial charge is 0.326 e.